The topological polar surface area (TPSA) is 59.0 Å². The molecule has 0 saturated carbocycles. The predicted octanol–water partition coefficient (Wildman–Crippen LogP) is 2.87. The second-order valence-electron chi connectivity index (χ2n) is 5.56. The number of aliphatic hydroxyl groups is 1. The van der Waals surface area contributed by atoms with Gasteiger partial charge in [-0.2, -0.15) is 0 Å². The van der Waals surface area contributed by atoms with E-state index in [-0.39, 0.29) is 6.09 Å². The Balaban J connectivity index is 1.80. The Labute approximate surface area is 132 Å². The SMILES string of the molecule is CCOC(=O)N1CCC2(C[C@H](O)c3cc(Br)ccc3O2)C1. The lowest BCUT2D eigenvalue weighted by atomic mass is 9.88. The van der Waals surface area contributed by atoms with Gasteiger partial charge in [0.2, 0.25) is 0 Å². The minimum Gasteiger partial charge on any atom is -0.485 e. The molecule has 0 bridgehead atoms. The van der Waals surface area contributed by atoms with Crippen LogP contribution in [0.3, 0.4) is 0 Å². The average Bonchev–Trinajstić information content (AvgIpc) is 2.84. The molecule has 1 fully saturated rings. The van der Waals surface area contributed by atoms with E-state index in [1.54, 1.807) is 11.8 Å². The number of nitrogens with zero attached hydrogens (tertiary/aromatic N) is 1. The van der Waals surface area contributed by atoms with Crippen molar-refractivity contribution in [3.63, 3.8) is 0 Å². The summed E-state index contributed by atoms with van der Waals surface area (Å²) in [4.78, 5) is 13.5. The summed E-state index contributed by atoms with van der Waals surface area (Å²) in [5, 5.41) is 10.4. The van der Waals surface area contributed by atoms with Crippen LogP contribution in [0.25, 0.3) is 0 Å². The van der Waals surface area contributed by atoms with Gasteiger partial charge < -0.3 is 19.5 Å². The second kappa shape index (κ2) is 5.50. The number of carbonyl (C=O) groups excluding carboxylic acids is 1. The van der Waals surface area contributed by atoms with Crippen LogP contribution in [-0.4, -0.2) is 41.4 Å². The number of amides is 1. The van der Waals surface area contributed by atoms with Crippen molar-refractivity contribution >= 4 is 22.0 Å². The van der Waals surface area contributed by atoms with Crippen LogP contribution in [-0.2, 0) is 4.74 Å². The summed E-state index contributed by atoms with van der Waals surface area (Å²) in [6.07, 6.45) is 0.313. The zero-order valence-corrected chi connectivity index (χ0v) is 13.4. The van der Waals surface area contributed by atoms with E-state index in [1.165, 1.54) is 0 Å². The minimum atomic E-state index is -0.576. The van der Waals surface area contributed by atoms with Crippen molar-refractivity contribution in [2.75, 3.05) is 19.7 Å². The fourth-order valence-electron chi connectivity index (χ4n) is 3.08. The molecule has 21 heavy (non-hydrogen) atoms. The van der Waals surface area contributed by atoms with Crippen molar-refractivity contribution < 1.29 is 19.4 Å². The number of rotatable bonds is 1. The Hall–Kier alpha value is -1.27. The highest BCUT2D eigenvalue weighted by molar-refractivity contribution is 9.10. The van der Waals surface area contributed by atoms with Gasteiger partial charge in [-0.05, 0) is 25.1 Å². The van der Waals surface area contributed by atoms with E-state index >= 15 is 0 Å². The zero-order chi connectivity index (χ0) is 15.0. The molecule has 2 heterocycles. The first-order valence-electron chi connectivity index (χ1n) is 7.11. The molecular formula is C15H18BrNO4. The van der Waals surface area contributed by atoms with E-state index in [0.29, 0.717) is 38.3 Å². The molecule has 6 heteroatoms. The van der Waals surface area contributed by atoms with E-state index in [0.717, 1.165) is 10.0 Å². The molecule has 1 amide bonds. The van der Waals surface area contributed by atoms with Crippen LogP contribution in [0.5, 0.6) is 5.75 Å². The first kappa shape index (κ1) is 14.7. The van der Waals surface area contributed by atoms with Crippen LogP contribution in [0, 0.1) is 0 Å². The molecule has 1 spiro atoms. The Kier molecular flexibility index (Phi) is 3.84. The number of benzene rings is 1. The fourth-order valence-corrected chi connectivity index (χ4v) is 3.45. The Morgan fingerprint density at radius 1 is 1.62 bits per heavy atom. The molecule has 1 unspecified atom stereocenters. The van der Waals surface area contributed by atoms with E-state index < -0.39 is 11.7 Å². The second-order valence-corrected chi connectivity index (χ2v) is 6.47. The summed E-state index contributed by atoms with van der Waals surface area (Å²) in [5.41, 5.74) is 0.289. The number of likely N-dealkylation sites (tertiary alicyclic amines) is 1. The largest absolute Gasteiger partial charge is 0.485 e. The molecule has 2 aliphatic heterocycles. The number of carbonyl (C=O) groups is 1. The molecule has 114 valence electrons. The molecule has 0 radical (unpaired) electrons. The molecule has 1 aromatic rings. The van der Waals surface area contributed by atoms with Crippen molar-refractivity contribution in [1.29, 1.82) is 0 Å². The van der Waals surface area contributed by atoms with Gasteiger partial charge in [0, 0.05) is 29.4 Å². The summed E-state index contributed by atoms with van der Waals surface area (Å²) < 4.78 is 12.1. The van der Waals surface area contributed by atoms with Crippen LogP contribution in [0.4, 0.5) is 4.79 Å². The van der Waals surface area contributed by atoms with Gasteiger partial charge in [0.1, 0.15) is 11.4 Å². The third-order valence-electron chi connectivity index (χ3n) is 4.07. The maximum absolute atomic E-state index is 11.8. The number of halogens is 1. The number of hydrogen-bond acceptors (Lipinski definition) is 4. The predicted molar refractivity (Wildman–Crippen MR) is 80.3 cm³/mol. The lowest BCUT2D eigenvalue weighted by Gasteiger charge is -2.38. The zero-order valence-electron chi connectivity index (χ0n) is 11.8. The summed E-state index contributed by atoms with van der Waals surface area (Å²) in [6.45, 7) is 3.21. The highest BCUT2D eigenvalue weighted by Gasteiger charge is 2.47. The van der Waals surface area contributed by atoms with Gasteiger partial charge in [0.15, 0.2) is 0 Å². The number of aliphatic hydroxyl groups excluding tert-OH is 1. The van der Waals surface area contributed by atoms with Gasteiger partial charge in [0.25, 0.3) is 0 Å². The average molecular weight is 356 g/mol. The highest BCUT2D eigenvalue weighted by Crippen LogP contribution is 2.44. The molecule has 3 rings (SSSR count). The number of fused-ring (bicyclic) bond motifs is 1. The number of hydrogen-bond donors (Lipinski definition) is 1. The summed E-state index contributed by atoms with van der Waals surface area (Å²) in [7, 11) is 0. The summed E-state index contributed by atoms with van der Waals surface area (Å²) in [5.74, 6) is 0.697. The van der Waals surface area contributed by atoms with Gasteiger partial charge in [-0.3, -0.25) is 0 Å². The van der Waals surface area contributed by atoms with Gasteiger partial charge in [-0.15, -0.1) is 0 Å². The molecule has 2 atom stereocenters. The first-order valence-corrected chi connectivity index (χ1v) is 7.90. The smallest absolute Gasteiger partial charge is 0.409 e. The number of ether oxygens (including phenoxy) is 2. The van der Waals surface area contributed by atoms with Crippen molar-refractivity contribution in [2.45, 2.75) is 31.5 Å². The van der Waals surface area contributed by atoms with Gasteiger partial charge in [0.05, 0.1) is 19.3 Å². The molecule has 5 nitrogen and oxygen atoms in total. The van der Waals surface area contributed by atoms with Gasteiger partial charge in [-0.1, -0.05) is 15.9 Å². The third-order valence-corrected chi connectivity index (χ3v) is 4.56. The standard InChI is InChI=1S/C15H18BrNO4/c1-2-20-14(19)17-6-5-15(9-17)8-12(18)11-7-10(16)3-4-13(11)21-15/h3-4,7,12,18H,2,5-6,8-9H2,1H3/t12-,15?/m0/s1. The summed E-state index contributed by atoms with van der Waals surface area (Å²) in [6, 6.07) is 5.63. The van der Waals surface area contributed by atoms with Crippen LogP contribution in [0.2, 0.25) is 0 Å². The normalized spacial score (nSPS) is 27.4. The van der Waals surface area contributed by atoms with Crippen LogP contribution < -0.4 is 4.74 Å². The van der Waals surface area contributed by atoms with Crippen LogP contribution >= 0.6 is 15.9 Å². The van der Waals surface area contributed by atoms with Crippen molar-refractivity contribution in [3.05, 3.63) is 28.2 Å². The molecule has 1 saturated heterocycles. The first-order chi connectivity index (χ1) is 10.0. The fraction of sp³-hybridized carbons (Fsp3) is 0.533. The van der Waals surface area contributed by atoms with Gasteiger partial charge >= 0.3 is 6.09 Å². The molecule has 1 N–H and O–H groups in total. The van der Waals surface area contributed by atoms with E-state index in [2.05, 4.69) is 15.9 Å². The minimum absolute atomic E-state index is 0.311. The highest BCUT2D eigenvalue weighted by atomic mass is 79.9. The molecule has 1 aromatic carbocycles. The lowest BCUT2D eigenvalue weighted by Crippen LogP contribution is -2.44. The van der Waals surface area contributed by atoms with Crippen LogP contribution in [0.1, 0.15) is 31.4 Å². The third kappa shape index (κ3) is 2.74. The quantitative estimate of drug-likeness (QED) is 0.841. The molecule has 0 aromatic heterocycles. The van der Waals surface area contributed by atoms with E-state index in [9.17, 15) is 9.90 Å². The van der Waals surface area contributed by atoms with Crippen molar-refractivity contribution in [1.82, 2.24) is 4.90 Å². The monoisotopic (exact) mass is 355 g/mol. The summed E-state index contributed by atoms with van der Waals surface area (Å²) >= 11 is 3.40. The van der Waals surface area contributed by atoms with Crippen molar-refractivity contribution in [3.8, 4) is 5.75 Å². The Morgan fingerprint density at radius 2 is 2.43 bits per heavy atom. The maximum Gasteiger partial charge on any atom is 0.409 e. The molecule has 0 aliphatic carbocycles. The molecular weight excluding hydrogens is 338 g/mol. The van der Waals surface area contributed by atoms with Crippen molar-refractivity contribution in [2.24, 2.45) is 0 Å². The molecule has 2 aliphatic rings. The Morgan fingerprint density at radius 3 is 3.19 bits per heavy atom. The Bertz CT molecular complexity index is 565. The van der Waals surface area contributed by atoms with E-state index in [4.69, 9.17) is 9.47 Å². The maximum atomic E-state index is 11.8. The van der Waals surface area contributed by atoms with Gasteiger partial charge in [-0.25, -0.2) is 4.79 Å². The van der Waals surface area contributed by atoms with E-state index in [1.807, 2.05) is 18.2 Å². The van der Waals surface area contributed by atoms with Crippen LogP contribution in [0.15, 0.2) is 22.7 Å². The lowest BCUT2D eigenvalue weighted by molar-refractivity contribution is -0.00746.